The average Bonchev–Trinajstić information content (AvgIpc) is 2.70. The van der Waals surface area contributed by atoms with Gasteiger partial charge in [0.05, 0.1) is 16.9 Å². The van der Waals surface area contributed by atoms with E-state index in [1.54, 1.807) is 40.9 Å². The highest BCUT2D eigenvalue weighted by atomic mass is 32.2. The first kappa shape index (κ1) is 16.4. The molecule has 0 atom stereocenters. The van der Waals surface area contributed by atoms with Crippen molar-refractivity contribution in [2.45, 2.75) is 9.79 Å². The molecule has 5 heteroatoms. The summed E-state index contributed by atoms with van der Waals surface area (Å²) in [5, 5.41) is 0. The van der Waals surface area contributed by atoms with Crippen molar-refractivity contribution in [1.29, 1.82) is 0 Å². The van der Waals surface area contributed by atoms with Crippen LogP contribution < -0.4 is 4.90 Å². The van der Waals surface area contributed by atoms with Gasteiger partial charge in [-0.15, -0.1) is 0 Å². The molecule has 0 fully saturated rings. The van der Waals surface area contributed by atoms with Gasteiger partial charge in [-0.2, -0.15) is 0 Å². The molecule has 4 nitrogen and oxygen atoms in total. The predicted octanol–water partition coefficient (Wildman–Crippen LogP) is 4.67. The van der Waals surface area contributed by atoms with Crippen molar-refractivity contribution in [2.75, 3.05) is 11.5 Å². The van der Waals surface area contributed by atoms with Gasteiger partial charge in [-0.05, 0) is 36.4 Å². The summed E-state index contributed by atoms with van der Waals surface area (Å²) >= 11 is 1.62. The number of ether oxygens (including phenoxy) is 1. The number of rotatable bonds is 3. The van der Waals surface area contributed by atoms with Gasteiger partial charge < -0.3 is 4.74 Å². The summed E-state index contributed by atoms with van der Waals surface area (Å²) in [6.07, 6.45) is 0. The second kappa shape index (κ2) is 7.06. The summed E-state index contributed by atoms with van der Waals surface area (Å²) in [6.45, 7) is -0.318. The molecular formula is C21H15NO3S. The Morgan fingerprint density at radius 2 is 1.31 bits per heavy atom. The number of benzene rings is 3. The molecule has 0 spiro atoms. The Labute approximate surface area is 155 Å². The van der Waals surface area contributed by atoms with Crippen LogP contribution in [0.3, 0.4) is 0 Å². The SMILES string of the molecule is O=C(OCC(=O)N1c2ccccc2Sc2ccccc21)c1ccccc1. The molecule has 1 aliphatic heterocycles. The molecule has 0 N–H and O–H groups in total. The fraction of sp³-hybridized carbons (Fsp3) is 0.0476. The Bertz CT molecular complexity index is 926. The molecule has 128 valence electrons. The predicted molar refractivity (Wildman–Crippen MR) is 101 cm³/mol. The van der Waals surface area contributed by atoms with Gasteiger partial charge in [0.1, 0.15) is 0 Å². The largest absolute Gasteiger partial charge is 0.452 e. The summed E-state index contributed by atoms with van der Waals surface area (Å²) in [5.74, 6) is -0.790. The zero-order valence-electron chi connectivity index (χ0n) is 13.8. The molecule has 1 heterocycles. The lowest BCUT2D eigenvalue weighted by atomic mass is 10.2. The molecule has 4 rings (SSSR count). The Morgan fingerprint density at radius 3 is 1.92 bits per heavy atom. The number of hydrogen-bond donors (Lipinski definition) is 0. The maximum absolute atomic E-state index is 12.9. The van der Waals surface area contributed by atoms with Crippen molar-refractivity contribution in [3.05, 3.63) is 84.4 Å². The molecule has 1 amide bonds. The van der Waals surface area contributed by atoms with E-state index in [0.717, 1.165) is 21.2 Å². The summed E-state index contributed by atoms with van der Waals surface area (Å²) in [7, 11) is 0. The lowest BCUT2D eigenvalue weighted by Gasteiger charge is -2.30. The molecule has 3 aromatic carbocycles. The fourth-order valence-electron chi connectivity index (χ4n) is 2.82. The van der Waals surface area contributed by atoms with Crippen LogP contribution in [0.15, 0.2) is 88.7 Å². The normalized spacial score (nSPS) is 12.1. The summed E-state index contributed by atoms with van der Waals surface area (Å²) in [4.78, 5) is 28.6. The summed E-state index contributed by atoms with van der Waals surface area (Å²) < 4.78 is 5.24. The van der Waals surface area contributed by atoms with E-state index in [1.807, 2.05) is 54.6 Å². The van der Waals surface area contributed by atoms with Crippen LogP contribution in [-0.2, 0) is 9.53 Å². The zero-order valence-corrected chi connectivity index (χ0v) is 14.6. The van der Waals surface area contributed by atoms with Crippen LogP contribution in [0.4, 0.5) is 11.4 Å². The molecule has 0 saturated heterocycles. The van der Waals surface area contributed by atoms with E-state index in [0.29, 0.717) is 5.56 Å². The van der Waals surface area contributed by atoms with Crippen LogP contribution in [-0.4, -0.2) is 18.5 Å². The number of fused-ring (bicyclic) bond motifs is 2. The number of carbonyl (C=O) groups is 2. The smallest absolute Gasteiger partial charge is 0.338 e. The van der Waals surface area contributed by atoms with Gasteiger partial charge in [-0.1, -0.05) is 54.2 Å². The quantitative estimate of drug-likeness (QED) is 0.636. The number of anilines is 2. The molecule has 3 aromatic rings. The molecular weight excluding hydrogens is 346 g/mol. The zero-order chi connectivity index (χ0) is 17.9. The standard InChI is InChI=1S/C21H15NO3S/c23-20(14-25-21(24)15-8-2-1-3-9-15)22-16-10-4-6-12-18(16)26-19-13-7-5-11-17(19)22/h1-13H,14H2. The van der Waals surface area contributed by atoms with Gasteiger partial charge in [0.2, 0.25) is 0 Å². The Hall–Kier alpha value is -3.05. The van der Waals surface area contributed by atoms with Crippen molar-refractivity contribution < 1.29 is 14.3 Å². The number of nitrogens with zero attached hydrogens (tertiary/aromatic N) is 1. The van der Waals surface area contributed by atoms with Gasteiger partial charge in [-0.25, -0.2) is 4.79 Å². The highest BCUT2D eigenvalue weighted by Crippen LogP contribution is 2.47. The van der Waals surface area contributed by atoms with Crippen LogP contribution in [0.5, 0.6) is 0 Å². The number of amides is 1. The minimum absolute atomic E-state index is 0.283. The van der Waals surface area contributed by atoms with E-state index in [-0.39, 0.29) is 12.5 Å². The minimum Gasteiger partial charge on any atom is -0.452 e. The first-order chi connectivity index (χ1) is 12.7. The van der Waals surface area contributed by atoms with Gasteiger partial charge in [0.15, 0.2) is 6.61 Å². The second-order valence-corrected chi connectivity index (χ2v) is 6.79. The summed E-state index contributed by atoms with van der Waals surface area (Å²) in [5.41, 5.74) is 2.03. The molecule has 0 aromatic heterocycles. The van der Waals surface area contributed by atoms with Crippen molar-refractivity contribution in [3.63, 3.8) is 0 Å². The Balaban J connectivity index is 1.59. The number of esters is 1. The molecule has 0 radical (unpaired) electrons. The van der Waals surface area contributed by atoms with Crippen molar-refractivity contribution in [3.8, 4) is 0 Å². The molecule has 0 saturated carbocycles. The topological polar surface area (TPSA) is 46.6 Å². The monoisotopic (exact) mass is 361 g/mol. The van der Waals surface area contributed by atoms with E-state index in [1.165, 1.54) is 0 Å². The van der Waals surface area contributed by atoms with Crippen LogP contribution >= 0.6 is 11.8 Å². The molecule has 0 unspecified atom stereocenters. The fourth-order valence-corrected chi connectivity index (χ4v) is 3.88. The highest BCUT2D eigenvalue weighted by Gasteiger charge is 2.28. The third kappa shape index (κ3) is 3.09. The Kier molecular flexibility index (Phi) is 4.46. The van der Waals surface area contributed by atoms with E-state index in [9.17, 15) is 9.59 Å². The minimum atomic E-state index is -0.507. The van der Waals surface area contributed by atoms with Gasteiger partial charge in [0, 0.05) is 9.79 Å². The third-order valence-electron chi connectivity index (χ3n) is 4.02. The number of hydrogen-bond acceptors (Lipinski definition) is 4. The van der Waals surface area contributed by atoms with Gasteiger partial charge in [0.25, 0.3) is 5.91 Å². The highest BCUT2D eigenvalue weighted by molar-refractivity contribution is 7.99. The number of carbonyl (C=O) groups excluding carboxylic acids is 2. The van der Waals surface area contributed by atoms with E-state index in [2.05, 4.69) is 0 Å². The lowest BCUT2D eigenvalue weighted by molar-refractivity contribution is -0.121. The molecule has 0 aliphatic carbocycles. The maximum atomic E-state index is 12.9. The van der Waals surface area contributed by atoms with Gasteiger partial charge in [-0.3, -0.25) is 9.69 Å². The molecule has 1 aliphatic rings. The molecule has 0 bridgehead atoms. The van der Waals surface area contributed by atoms with Crippen LogP contribution in [0.1, 0.15) is 10.4 Å². The van der Waals surface area contributed by atoms with E-state index >= 15 is 0 Å². The van der Waals surface area contributed by atoms with Crippen LogP contribution in [0.2, 0.25) is 0 Å². The Morgan fingerprint density at radius 1 is 0.769 bits per heavy atom. The van der Waals surface area contributed by atoms with E-state index < -0.39 is 5.97 Å². The van der Waals surface area contributed by atoms with Crippen LogP contribution in [0, 0.1) is 0 Å². The van der Waals surface area contributed by atoms with Crippen molar-refractivity contribution in [1.82, 2.24) is 0 Å². The third-order valence-corrected chi connectivity index (χ3v) is 5.15. The van der Waals surface area contributed by atoms with Gasteiger partial charge >= 0.3 is 5.97 Å². The number of para-hydroxylation sites is 2. The average molecular weight is 361 g/mol. The van der Waals surface area contributed by atoms with Crippen molar-refractivity contribution >= 4 is 35.0 Å². The first-order valence-electron chi connectivity index (χ1n) is 8.15. The summed E-state index contributed by atoms with van der Waals surface area (Å²) in [6, 6.07) is 24.1. The van der Waals surface area contributed by atoms with E-state index in [4.69, 9.17) is 4.74 Å². The lowest BCUT2D eigenvalue weighted by Crippen LogP contribution is -2.32. The van der Waals surface area contributed by atoms with Crippen molar-refractivity contribution in [2.24, 2.45) is 0 Å². The molecule has 26 heavy (non-hydrogen) atoms. The second-order valence-electron chi connectivity index (χ2n) is 5.71. The maximum Gasteiger partial charge on any atom is 0.338 e. The first-order valence-corrected chi connectivity index (χ1v) is 8.97. The van der Waals surface area contributed by atoms with Crippen LogP contribution in [0.25, 0.3) is 0 Å².